The van der Waals surface area contributed by atoms with E-state index in [9.17, 15) is 0 Å². The van der Waals surface area contributed by atoms with Crippen molar-refractivity contribution in [3.63, 3.8) is 0 Å². The van der Waals surface area contributed by atoms with Crippen LogP contribution >= 0.6 is 0 Å². The zero-order chi connectivity index (χ0) is 56.7. The summed E-state index contributed by atoms with van der Waals surface area (Å²) in [6.07, 6.45) is 1.15. The van der Waals surface area contributed by atoms with Gasteiger partial charge in [-0.3, -0.25) is 0 Å². The van der Waals surface area contributed by atoms with Gasteiger partial charge in [-0.05, 0) is 130 Å². The molecule has 0 aliphatic heterocycles. The summed E-state index contributed by atoms with van der Waals surface area (Å²) < 4.78 is 124. The highest BCUT2D eigenvalue weighted by Gasteiger charge is 2.19. The Balaban J connectivity index is 0.000000240. The quantitative estimate of drug-likeness (QED) is 0.142. The molecule has 3 heteroatoms. The summed E-state index contributed by atoms with van der Waals surface area (Å²) in [7, 11) is 5.67. The Morgan fingerprint density at radius 2 is 0.898 bits per heavy atom. The Morgan fingerprint density at radius 3 is 1.29 bits per heavy atom. The van der Waals surface area contributed by atoms with Crippen molar-refractivity contribution in [3.8, 4) is 33.8 Å². The Kier molecular flexibility index (Phi) is 9.90. The lowest BCUT2D eigenvalue weighted by atomic mass is 9.88. The summed E-state index contributed by atoms with van der Waals surface area (Å²) in [6.45, 7) is 14.4. The van der Waals surface area contributed by atoms with E-state index >= 15 is 0 Å². The second-order valence-corrected chi connectivity index (χ2v) is 17.9. The third-order valence-corrected chi connectivity index (χ3v) is 9.42. The molecule has 0 spiro atoms. The first kappa shape index (κ1) is 29.4. The van der Waals surface area contributed by atoms with E-state index < -0.39 is 50.5 Å². The van der Waals surface area contributed by atoms with Crippen LogP contribution in [0.15, 0.2) is 110 Å². The summed E-state index contributed by atoms with van der Waals surface area (Å²) in [5, 5.41) is 0. The fourth-order valence-electron chi connectivity index (χ4n) is 6.90. The maximum absolute atomic E-state index is 8.50. The molecule has 59 heavy (non-hydrogen) atoms. The fourth-order valence-corrected chi connectivity index (χ4v) is 6.90. The maximum atomic E-state index is 8.50. The molecule has 6 rings (SSSR count). The van der Waals surface area contributed by atoms with Crippen molar-refractivity contribution in [1.82, 2.24) is 0 Å². The van der Waals surface area contributed by atoms with Gasteiger partial charge in [0.15, 0.2) is 18.6 Å². The molecule has 3 aromatic heterocycles. The molecule has 0 saturated carbocycles. The molecule has 0 saturated heterocycles. The predicted molar refractivity (Wildman–Crippen MR) is 252 cm³/mol. The summed E-state index contributed by atoms with van der Waals surface area (Å²) in [4.78, 5) is 0. The summed E-state index contributed by atoms with van der Waals surface area (Å²) >= 11 is 0. The van der Waals surface area contributed by atoms with Gasteiger partial charge in [-0.1, -0.05) is 108 Å². The average Bonchev–Trinajstić information content (AvgIpc) is 3.25. The summed E-state index contributed by atoms with van der Waals surface area (Å²) in [5.74, 6) is -0.122. The van der Waals surface area contributed by atoms with Crippen molar-refractivity contribution in [2.45, 2.75) is 116 Å². The van der Waals surface area contributed by atoms with Crippen LogP contribution in [0.5, 0.6) is 0 Å². The van der Waals surface area contributed by atoms with E-state index in [4.69, 9.17) is 20.6 Å². The van der Waals surface area contributed by atoms with Crippen molar-refractivity contribution in [2.75, 3.05) is 0 Å². The molecule has 312 valence electrons. The van der Waals surface area contributed by atoms with Crippen LogP contribution < -0.4 is 13.7 Å². The van der Waals surface area contributed by atoms with E-state index in [1.165, 1.54) is 0 Å². The molecule has 0 radical (unpaired) electrons. The van der Waals surface area contributed by atoms with Crippen molar-refractivity contribution in [2.24, 2.45) is 37.9 Å². The number of pyridine rings is 3. The van der Waals surface area contributed by atoms with Crippen LogP contribution in [-0.4, -0.2) is 0 Å². The summed E-state index contributed by atoms with van der Waals surface area (Å²) in [5.41, 5.74) is 9.94. The van der Waals surface area contributed by atoms with Crippen LogP contribution in [0, 0.1) is 58.1 Å². The molecule has 3 heterocycles. The zero-order valence-corrected chi connectivity index (χ0v) is 37.8. The van der Waals surface area contributed by atoms with Gasteiger partial charge in [0.25, 0.3) is 0 Å². The van der Waals surface area contributed by atoms with Crippen LogP contribution in [0.25, 0.3) is 33.8 Å². The van der Waals surface area contributed by atoms with E-state index in [1.807, 2.05) is 178 Å². The highest BCUT2D eigenvalue weighted by atomic mass is 14.9. The van der Waals surface area contributed by atoms with Gasteiger partial charge in [-0.25, -0.2) is 13.7 Å². The van der Waals surface area contributed by atoms with Gasteiger partial charge in [0.1, 0.15) is 21.1 Å². The van der Waals surface area contributed by atoms with E-state index in [0.717, 1.165) is 50.5 Å². The molecule has 0 N–H and O–H groups in total. The van der Waals surface area contributed by atoms with Crippen LogP contribution in [-0.2, 0) is 40.3 Å². The number of aromatic nitrogens is 3. The number of nitrogens with zero attached hydrogens (tertiary/aromatic N) is 3. The van der Waals surface area contributed by atoms with Gasteiger partial charge in [0, 0.05) is 72.6 Å². The van der Waals surface area contributed by atoms with Gasteiger partial charge in [0.2, 0.25) is 17.1 Å². The Morgan fingerprint density at radius 1 is 0.492 bits per heavy atom. The van der Waals surface area contributed by atoms with Crippen molar-refractivity contribution >= 4 is 0 Å². The highest BCUT2D eigenvalue weighted by Crippen LogP contribution is 2.27. The van der Waals surface area contributed by atoms with E-state index in [1.54, 1.807) is 42.5 Å². The molecule has 0 aliphatic carbocycles. The highest BCUT2D eigenvalue weighted by molar-refractivity contribution is 5.63. The number of aryl methyl sites for hydroxylation is 9. The van der Waals surface area contributed by atoms with E-state index in [-0.39, 0.29) is 5.92 Å². The number of hydrogen-bond acceptors (Lipinski definition) is 0. The molecular formula is C56H76N3+3. The Bertz CT molecular complexity index is 2950. The topological polar surface area (TPSA) is 11.6 Å². The lowest BCUT2D eigenvalue weighted by Gasteiger charge is -2.18. The SMILES string of the molecule is [2H]C([2H])([2H])c1ccc(-c2cc(C([2H])([2H])C(C)(C)C)cc[n+]2C)c(C)c1.[2H]C([2H])([2H])c1ccc(-c2ccc(C([2H])([2H])C(C)(C)C)c[n+]2C)c(C)c1.[2H]C([2H])([2H])c1ccc(-c2ccc(C([2H])([2H])C(C)C)c[n+]2C)c(C)c1. The monoisotopic (exact) mass is 806 g/mol. The maximum Gasteiger partial charge on any atom is 0.212 e. The van der Waals surface area contributed by atoms with Crippen molar-refractivity contribution in [3.05, 3.63) is 160 Å². The van der Waals surface area contributed by atoms with Gasteiger partial charge in [-0.15, -0.1) is 0 Å². The lowest BCUT2D eigenvalue weighted by Crippen LogP contribution is -2.32. The third-order valence-electron chi connectivity index (χ3n) is 9.42. The minimum absolute atomic E-state index is 0.122. The number of rotatable bonds is 7. The molecule has 0 aliphatic rings. The Labute approximate surface area is 380 Å². The fraction of sp³-hybridized carbons (Fsp3) is 0.411. The Hall–Kier alpha value is -4.89. The average molecular weight is 806 g/mol. The molecule has 0 unspecified atom stereocenters. The summed E-state index contributed by atoms with van der Waals surface area (Å²) in [6, 6.07) is 26.5. The number of benzene rings is 3. The first-order valence-electron chi connectivity index (χ1n) is 27.8. The third kappa shape index (κ3) is 14.1. The van der Waals surface area contributed by atoms with Gasteiger partial charge < -0.3 is 0 Å². The van der Waals surface area contributed by atoms with Crippen LogP contribution in [0.4, 0.5) is 0 Å². The molecule has 6 aromatic rings. The van der Waals surface area contributed by atoms with Gasteiger partial charge >= 0.3 is 0 Å². The van der Waals surface area contributed by atoms with Crippen molar-refractivity contribution < 1.29 is 34.3 Å². The van der Waals surface area contributed by atoms with Crippen LogP contribution in [0.3, 0.4) is 0 Å². The number of hydrogen-bond donors (Lipinski definition) is 0. The minimum atomic E-state index is -2.13. The zero-order valence-electron chi connectivity index (χ0n) is 52.8. The molecule has 3 nitrogen and oxygen atoms in total. The van der Waals surface area contributed by atoms with E-state index in [2.05, 4.69) is 0 Å². The largest absolute Gasteiger partial charge is 0.212 e. The second-order valence-electron chi connectivity index (χ2n) is 17.9. The minimum Gasteiger partial charge on any atom is -0.201 e. The smallest absolute Gasteiger partial charge is 0.201 e. The molecule has 0 bridgehead atoms. The molecule has 0 fully saturated rings. The van der Waals surface area contributed by atoms with Crippen LogP contribution in [0.2, 0.25) is 0 Å². The van der Waals surface area contributed by atoms with Crippen LogP contribution in [0.1, 0.15) is 126 Å². The van der Waals surface area contributed by atoms with Gasteiger partial charge in [-0.2, -0.15) is 0 Å². The first-order valence-corrected chi connectivity index (χ1v) is 20.3. The molecular weight excluding hydrogens is 715 g/mol. The second kappa shape index (κ2) is 19.9. The normalized spacial score (nSPS) is 16.6. The van der Waals surface area contributed by atoms with E-state index in [0.29, 0.717) is 33.4 Å². The lowest BCUT2D eigenvalue weighted by molar-refractivity contribution is -0.661. The predicted octanol–water partition coefficient (Wildman–Crippen LogP) is 12.8. The molecule has 0 amide bonds. The molecule has 0 atom stereocenters. The first-order chi connectivity index (χ1) is 33.4. The van der Waals surface area contributed by atoms with Crippen molar-refractivity contribution in [1.29, 1.82) is 0 Å². The standard InChI is InChI=1S/2C19H26N.C18H24N/c1-14-7-9-17(15(2)11-14)18-10-8-16(13-20(18)6)12-19(3,4)5;1-14-7-8-17(15(2)11-14)18-12-16(9-10-20(18)6)13-19(3,4)5;1-13(2)10-16-7-9-18(19(5)12-16)17-8-6-14(3)11-15(17)4/h7-11,13H,12H2,1-6H3;7-12H,13H2,1-6H3;6-9,11-13H,10H2,1-5H3/q3*+1/i1D3,12D2;1D3,13D2;3D3,10D2. The molecule has 3 aromatic carbocycles. The van der Waals surface area contributed by atoms with Gasteiger partial charge in [0.05, 0.1) is 0 Å².